The second-order valence-corrected chi connectivity index (χ2v) is 3.49. The molecule has 0 aliphatic rings. The van der Waals surface area contributed by atoms with E-state index in [9.17, 15) is 9.90 Å². The first-order chi connectivity index (χ1) is 7.52. The van der Waals surface area contributed by atoms with Crippen LogP contribution in [0.25, 0.3) is 0 Å². The van der Waals surface area contributed by atoms with E-state index >= 15 is 0 Å². The number of nitrogens with two attached hydrogens (primary N) is 1. The molecule has 1 aromatic rings. The number of rotatable bonds is 4. The Morgan fingerprint density at radius 2 is 2.38 bits per heavy atom. The summed E-state index contributed by atoms with van der Waals surface area (Å²) in [6.45, 7) is 1.65. The first kappa shape index (κ1) is 12.4. The van der Waals surface area contributed by atoms with E-state index in [4.69, 9.17) is 10.8 Å². The summed E-state index contributed by atoms with van der Waals surface area (Å²) in [6, 6.07) is 2.35. The van der Waals surface area contributed by atoms with Crippen LogP contribution in [0, 0.1) is 0 Å². The van der Waals surface area contributed by atoms with Crippen molar-refractivity contribution in [2.75, 3.05) is 6.54 Å². The van der Waals surface area contributed by atoms with Gasteiger partial charge in [-0.25, -0.2) is 4.98 Å². The molecule has 0 spiro atoms. The zero-order valence-electron chi connectivity index (χ0n) is 8.92. The highest BCUT2D eigenvalue weighted by atomic mass is 16.3. The lowest BCUT2D eigenvalue weighted by molar-refractivity contribution is 0.0929. The average molecular weight is 225 g/mol. The number of carbonyl (C=O) groups excluding carboxylic acids is 1. The number of hydrogen-bond donors (Lipinski definition) is 4. The van der Waals surface area contributed by atoms with E-state index in [-0.39, 0.29) is 18.0 Å². The van der Waals surface area contributed by atoms with E-state index in [1.165, 1.54) is 25.3 Å². The summed E-state index contributed by atoms with van der Waals surface area (Å²) in [6.07, 6.45) is 0.695. The summed E-state index contributed by atoms with van der Waals surface area (Å²) in [5.74, 6) is -0.709. The normalized spacial score (nSPS) is 14.2. The van der Waals surface area contributed by atoms with Crippen molar-refractivity contribution in [1.29, 1.82) is 0 Å². The third kappa shape index (κ3) is 3.18. The van der Waals surface area contributed by atoms with Crippen molar-refractivity contribution in [2.45, 2.75) is 19.1 Å². The van der Waals surface area contributed by atoms with Gasteiger partial charge in [-0.3, -0.25) is 4.79 Å². The standard InChI is InChI=1S/C10H15N3O3/c1-6(14)7(11)5-13-10(16)9-8(15)3-2-4-12-9/h2-4,6-7,14-15H,5,11H2,1H3,(H,13,16). The molecule has 2 atom stereocenters. The maximum atomic E-state index is 11.5. The molecular formula is C10H15N3O3. The number of aliphatic hydroxyl groups excluding tert-OH is 1. The van der Waals surface area contributed by atoms with Gasteiger partial charge in [0.25, 0.3) is 5.91 Å². The largest absolute Gasteiger partial charge is 0.505 e. The number of nitrogens with zero attached hydrogens (tertiary/aromatic N) is 1. The van der Waals surface area contributed by atoms with Crippen molar-refractivity contribution in [1.82, 2.24) is 10.3 Å². The first-order valence-electron chi connectivity index (χ1n) is 4.88. The molecule has 1 rings (SSSR count). The van der Waals surface area contributed by atoms with Crippen LogP contribution < -0.4 is 11.1 Å². The van der Waals surface area contributed by atoms with Gasteiger partial charge in [0.15, 0.2) is 5.69 Å². The Labute approximate surface area is 93.1 Å². The zero-order valence-corrected chi connectivity index (χ0v) is 8.92. The molecule has 0 bridgehead atoms. The Balaban J connectivity index is 2.57. The molecule has 6 nitrogen and oxygen atoms in total. The van der Waals surface area contributed by atoms with Crippen molar-refractivity contribution >= 4 is 5.91 Å². The lowest BCUT2D eigenvalue weighted by atomic mass is 10.2. The maximum absolute atomic E-state index is 11.5. The number of pyridine rings is 1. The number of nitrogens with one attached hydrogen (secondary N) is 1. The Kier molecular flexibility index (Phi) is 4.21. The van der Waals surface area contributed by atoms with Crippen molar-refractivity contribution < 1.29 is 15.0 Å². The zero-order chi connectivity index (χ0) is 12.1. The number of aliphatic hydroxyl groups is 1. The average Bonchev–Trinajstić information content (AvgIpc) is 2.25. The highest BCUT2D eigenvalue weighted by Gasteiger charge is 2.14. The Morgan fingerprint density at radius 3 is 2.94 bits per heavy atom. The SMILES string of the molecule is CC(O)C(N)CNC(=O)c1ncccc1O. The molecule has 0 aliphatic heterocycles. The minimum Gasteiger partial charge on any atom is -0.505 e. The van der Waals surface area contributed by atoms with Crippen LogP contribution in [0.3, 0.4) is 0 Å². The molecule has 6 heteroatoms. The van der Waals surface area contributed by atoms with Crippen LogP contribution >= 0.6 is 0 Å². The van der Waals surface area contributed by atoms with Gasteiger partial charge in [-0.15, -0.1) is 0 Å². The molecule has 1 aromatic heterocycles. The number of aromatic hydroxyl groups is 1. The molecule has 0 aromatic carbocycles. The summed E-state index contributed by atoms with van der Waals surface area (Å²) in [7, 11) is 0. The van der Waals surface area contributed by atoms with Crippen LogP contribution in [0.1, 0.15) is 17.4 Å². The Bertz CT molecular complexity index is 368. The lowest BCUT2D eigenvalue weighted by Gasteiger charge is -2.15. The van der Waals surface area contributed by atoms with Crippen LogP contribution in [0.5, 0.6) is 5.75 Å². The van der Waals surface area contributed by atoms with E-state index in [1.54, 1.807) is 0 Å². The van der Waals surface area contributed by atoms with Gasteiger partial charge in [0.05, 0.1) is 6.10 Å². The van der Waals surface area contributed by atoms with Gasteiger partial charge >= 0.3 is 0 Å². The van der Waals surface area contributed by atoms with Crippen molar-refractivity contribution in [2.24, 2.45) is 5.73 Å². The third-order valence-corrected chi connectivity index (χ3v) is 2.12. The third-order valence-electron chi connectivity index (χ3n) is 2.12. The summed E-state index contributed by atoms with van der Waals surface area (Å²) in [5, 5.41) is 20.9. The lowest BCUT2D eigenvalue weighted by Crippen LogP contribution is -2.43. The minimum atomic E-state index is -0.711. The molecule has 0 aliphatic carbocycles. The molecule has 5 N–H and O–H groups in total. The predicted molar refractivity (Wildman–Crippen MR) is 57.9 cm³/mol. The summed E-state index contributed by atoms with van der Waals surface area (Å²) < 4.78 is 0. The van der Waals surface area contributed by atoms with Gasteiger partial charge in [0.1, 0.15) is 5.75 Å². The van der Waals surface area contributed by atoms with Gasteiger partial charge < -0.3 is 21.3 Å². The smallest absolute Gasteiger partial charge is 0.273 e. The van der Waals surface area contributed by atoms with Crippen molar-refractivity contribution in [3.63, 3.8) is 0 Å². The van der Waals surface area contributed by atoms with E-state index in [0.717, 1.165) is 0 Å². The number of aromatic nitrogens is 1. The molecule has 1 heterocycles. The maximum Gasteiger partial charge on any atom is 0.273 e. The fourth-order valence-electron chi connectivity index (χ4n) is 1.04. The highest BCUT2D eigenvalue weighted by molar-refractivity contribution is 5.94. The Hall–Kier alpha value is -1.66. The fraction of sp³-hybridized carbons (Fsp3) is 0.400. The topological polar surface area (TPSA) is 108 Å². The summed E-state index contributed by atoms with van der Waals surface area (Å²) >= 11 is 0. The van der Waals surface area contributed by atoms with Crippen molar-refractivity contribution in [3.05, 3.63) is 24.0 Å². The van der Waals surface area contributed by atoms with E-state index < -0.39 is 18.1 Å². The Morgan fingerprint density at radius 1 is 1.69 bits per heavy atom. The van der Waals surface area contributed by atoms with Crippen LogP contribution in [0.15, 0.2) is 18.3 Å². The fourth-order valence-corrected chi connectivity index (χ4v) is 1.04. The predicted octanol–water partition coefficient (Wildman–Crippen LogP) is -0.775. The van der Waals surface area contributed by atoms with Crippen LogP contribution in [-0.4, -0.2) is 39.8 Å². The second-order valence-electron chi connectivity index (χ2n) is 3.49. The van der Waals surface area contributed by atoms with Gasteiger partial charge in [-0.1, -0.05) is 0 Å². The first-order valence-corrected chi connectivity index (χ1v) is 4.88. The van der Waals surface area contributed by atoms with Gasteiger partial charge in [-0.05, 0) is 19.1 Å². The molecule has 0 radical (unpaired) electrons. The minimum absolute atomic E-state index is 0.0553. The van der Waals surface area contributed by atoms with Gasteiger partial charge in [0, 0.05) is 18.8 Å². The molecular weight excluding hydrogens is 210 g/mol. The molecule has 0 fully saturated rings. The van der Waals surface area contributed by atoms with Gasteiger partial charge in [0.2, 0.25) is 0 Å². The molecule has 16 heavy (non-hydrogen) atoms. The highest BCUT2D eigenvalue weighted by Crippen LogP contribution is 2.11. The molecule has 0 saturated heterocycles. The monoisotopic (exact) mass is 225 g/mol. The molecule has 88 valence electrons. The number of amides is 1. The van der Waals surface area contributed by atoms with Crippen LogP contribution in [0.2, 0.25) is 0 Å². The molecule has 1 amide bonds. The molecule has 0 saturated carbocycles. The number of carbonyl (C=O) groups is 1. The van der Waals surface area contributed by atoms with E-state index in [1.807, 2.05) is 0 Å². The summed E-state index contributed by atoms with van der Waals surface area (Å²) in [5.41, 5.74) is 5.48. The molecule has 2 unspecified atom stereocenters. The second kappa shape index (κ2) is 5.43. The van der Waals surface area contributed by atoms with Crippen molar-refractivity contribution in [3.8, 4) is 5.75 Å². The van der Waals surface area contributed by atoms with E-state index in [0.29, 0.717) is 0 Å². The number of hydrogen-bond acceptors (Lipinski definition) is 5. The quantitative estimate of drug-likeness (QED) is 0.538. The van der Waals surface area contributed by atoms with E-state index in [2.05, 4.69) is 10.3 Å². The van der Waals surface area contributed by atoms with Crippen LogP contribution in [0.4, 0.5) is 0 Å². The van der Waals surface area contributed by atoms with Crippen LogP contribution in [-0.2, 0) is 0 Å². The summed E-state index contributed by atoms with van der Waals surface area (Å²) in [4.78, 5) is 15.3. The van der Waals surface area contributed by atoms with Gasteiger partial charge in [-0.2, -0.15) is 0 Å².